The molecule has 0 fully saturated rings. The largest absolute Gasteiger partial charge is 0.197 e. The molecule has 1 nitrogen and oxygen atoms in total. The lowest BCUT2D eigenvalue weighted by Gasteiger charge is -2.22. The molecule has 0 saturated carbocycles. The lowest BCUT2D eigenvalue weighted by Crippen LogP contribution is -2.23. The van der Waals surface area contributed by atoms with E-state index < -0.39 is 0 Å². The van der Waals surface area contributed by atoms with E-state index in [-0.39, 0.29) is 5.41 Å². The van der Waals surface area contributed by atoms with Crippen molar-refractivity contribution < 1.29 is 0 Å². The summed E-state index contributed by atoms with van der Waals surface area (Å²) in [6.45, 7) is 2.17. The summed E-state index contributed by atoms with van der Waals surface area (Å²) in [7, 11) is 0. The highest BCUT2D eigenvalue weighted by molar-refractivity contribution is 5.45. The molecule has 2 aromatic carbocycles. The second-order valence-corrected chi connectivity index (χ2v) is 5.70. The van der Waals surface area contributed by atoms with Gasteiger partial charge in [0.25, 0.3) is 0 Å². The van der Waals surface area contributed by atoms with Gasteiger partial charge in [0.2, 0.25) is 0 Å². The zero-order valence-electron chi connectivity index (χ0n) is 11.9. The van der Waals surface area contributed by atoms with Gasteiger partial charge in [0, 0.05) is 0 Å². The topological polar surface area (TPSA) is 23.8 Å². The Hall–Kier alpha value is -2.07. The van der Waals surface area contributed by atoms with E-state index in [0.717, 1.165) is 25.7 Å². The van der Waals surface area contributed by atoms with Gasteiger partial charge >= 0.3 is 0 Å². The Bertz CT molecular complexity index is 648. The van der Waals surface area contributed by atoms with Gasteiger partial charge in [-0.3, -0.25) is 0 Å². The van der Waals surface area contributed by atoms with Crippen LogP contribution < -0.4 is 0 Å². The van der Waals surface area contributed by atoms with Gasteiger partial charge in [-0.25, -0.2) is 0 Å². The molecule has 0 bridgehead atoms. The minimum atomic E-state index is -0.329. The number of fused-ring (bicyclic) bond motifs is 1. The highest BCUT2D eigenvalue weighted by Crippen LogP contribution is 2.40. The molecule has 1 aliphatic rings. The molecule has 2 aromatic rings. The molecule has 1 aliphatic carbocycles. The number of nitrogens with zero attached hydrogens (tertiary/aromatic N) is 1. The Morgan fingerprint density at radius 1 is 1.05 bits per heavy atom. The fraction of sp³-hybridized carbons (Fsp3) is 0.316. The number of hydrogen-bond donors (Lipinski definition) is 0. The zero-order chi connectivity index (χ0) is 14.0. The summed E-state index contributed by atoms with van der Waals surface area (Å²) in [5.41, 5.74) is 4.87. The van der Waals surface area contributed by atoms with E-state index in [1.54, 1.807) is 0 Å². The summed E-state index contributed by atoms with van der Waals surface area (Å²) in [6, 6.07) is 19.7. The first-order chi connectivity index (χ1) is 9.77. The summed E-state index contributed by atoms with van der Waals surface area (Å²) >= 11 is 0. The summed E-state index contributed by atoms with van der Waals surface area (Å²) in [4.78, 5) is 0. The summed E-state index contributed by atoms with van der Waals surface area (Å²) < 4.78 is 0. The molecule has 1 unspecified atom stereocenters. The average molecular weight is 261 g/mol. The van der Waals surface area contributed by atoms with Crippen molar-refractivity contribution in [3.05, 3.63) is 70.8 Å². The molecule has 0 amide bonds. The van der Waals surface area contributed by atoms with Crippen LogP contribution in [0.25, 0.3) is 0 Å². The maximum absolute atomic E-state index is 9.78. The Kier molecular flexibility index (Phi) is 3.32. The normalized spacial score (nSPS) is 20.4. The Labute approximate surface area is 120 Å². The molecule has 100 valence electrons. The second kappa shape index (κ2) is 5.13. The highest BCUT2D eigenvalue weighted by Gasteiger charge is 2.38. The van der Waals surface area contributed by atoms with Gasteiger partial charge in [-0.2, -0.15) is 5.26 Å². The van der Waals surface area contributed by atoms with E-state index in [0.29, 0.717) is 0 Å². The molecule has 0 aromatic heterocycles. The van der Waals surface area contributed by atoms with E-state index in [1.807, 2.05) is 0 Å². The zero-order valence-corrected chi connectivity index (χ0v) is 11.9. The van der Waals surface area contributed by atoms with Crippen LogP contribution in [-0.2, 0) is 24.7 Å². The van der Waals surface area contributed by atoms with Crippen molar-refractivity contribution in [3.63, 3.8) is 0 Å². The number of aryl methyl sites for hydroxylation is 2. The van der Waals surface area contributed by atoms with Gasteiger partial charge in [-0.15, -0.1) is 0 Å². The Morgan fingerprint density at radius 3 is 2.45 bits per heavy atom. The van der Waals surface area contributed by atoms with Gasteiger partial charge in [0.05, 0.1) is 11.5 Å². The van der Waals surface area contributed by atoms with E-state index in [9.17, 15) is 5.26 Å². The Morgan fingerprint density at radius 2 is 1.75 bits per heavy atom. The predicted molar refractivity (Wildman–Crippen MR) is 81.6 cm³/mol. The number of hydrogen-bond acceptors (Lipinski definition) is 1. The second-order valence-electron chi connectivity index (χ2n) is 5.70. The lowest BCUT2D eigenvalue weighted by atomic mass is 9.78. The third-order valence-electron chi connectivity index (χ3n) is 4.51. The minimum Gasteiger partial charge on any atom is -0.197 e. The van der Waals surface area contributed by atoms with Crippen molar-refractivity contribution in [3.8, 4) is 6.07 Å². The molecular formula is C19H19N. The van der Waals surface area contributed by atoms with Crippen LogP contribution >= 0.6 is 0 Å². The monoisotopic (exact) mass is 261 g/mol. The number of benzene rings is 2. The molecule has 3 rings (SSSR count). The van der Waals surface area contributed by atoms with E-state index in [4.69, 9.17) is 0 Å². The molecule has 0 aliphatic heterocycles. The smallest absolute Gasteiger partial charge is 0.0868 e. The van der Waals surface area contributed by atoms with Crippen molar-refractivity contribution in [1.29, 1.82) is 5.26 Å². The van der Waals surface area contributed by atoms with Crippen LogP contribution in [0.1, 0.15) is 35.6 Å². The minimum absolute atomic E-state index is 0.329. The fourth-order valence-corrected chi connectivity index (χ4v) is 3.27. The fourth-order valence-electron chi connectivity index (χ4n) is 3.27. The number of rotatable bonds is 3. The van der Waals surface area contributed by atoms with Crippen molar-refractivity contribution in [2.75, 3.05) is 0 Å². The summed E-state index contributed by atoms with van der Waals surface area (Å²) in [5.74, 6) is 0. The molecule has 0 spiro atoms. The predicted octanol–water partition coefficient (Wildman–Crippen LogP) is 4.20. The van der Waals surface area contributed by atoms with Gasteiger partial charge < -0.3 is 0 Å². The van der Waals surface area contributed by atoms with Crippen LogP contribution in [0, 0.1) is 11.3 Å². The van der Waals surface area contributed by atoms with Crippen LogP contribution in [0.5, 0.6) is 0 Å². The molecule has 0 heterocycles. The van der Waals surface area contributed by atoms with Crippen molar-refractivity contribution in [2.45, 2.75) is 38.0 Å². The van der Waals surface area contributed by atoms with Crippen LogP contribution in [-0.4, -0.2) is 0 Å². The van der Waals surface area contributed by atoms with E-state index >= 15 is 0 Å². The first kappa shape index (κ1) is 12.9. The van der Waals surface area contributed by atoms with Gasteiger partial charge in [0.1, 0.15) is 0 Å². The van der Waals surface area contributed by atoms with Crippen LogP contribution in [0.3, 0.4) is 0 Å². The van der Waals surface area contributed by atoms with E-state index in [1.165, 1.54) is 22.3 Å². The van der Waals surface area contributed by atoms with Crippen molar-refractivity contribution in [2.24, 2.45) is 0 Å². The third-order valence-corrected chi connectivity index (χ3v) is 4.51. The summed E-state index contributed by atoms with van der Waals surface area (Å²) in [6.07, 6.45) is 3.85. The SMILES string of the molecule is CCc1ccc(CC2(C#N)CCc3ccccc32)cc1. The molecule has 0 N–H and O–H groups in total. The maximum Gasteiger partial charge on any atom is 0.0868 e. The Balaban J connectivity index is 1.93. The summed E-state index contributed by atoms with van der Waals surface area (Å²) in [5, 5.41) is 9.78. The lowest BCUT2D eigenvalue weighted by molar-refractivity contribution is 0.541. The average Bonchev–Trinajstić information content (AvgIpc) is 2.88. The highest BCUT2D eigenvalue weighted by atomic mass is 14.4. The standard InChI is InChI=1S/C19H19N/c1-2-15-7-9-16(10-8-15)13-19(14-20)12-11-17-5-3-4-6-18(17)19/h3-10H,2,11-13H2,1H3. The molecule has 0 radical (unpaired) electrons. The quantitative estimate of drug-likeness (QED) is 0.812. The van der Waals surface area contributed by atoms with Crippen LogP contribution in [0.15, 0.2) is 48.5 Å². The van der Waals surface area contributed by atoms with Crippen LogP contribution in [0.2, 0.25) is 0 Å². The first-order valence-electron chi connectivity index (χ1n) is 7.35. The van der Waals surface area contributed by atoms with E-state index in [2.05, 4.69) is 61.5 Å². The van der Waals surface area contributed by atoms with Crippen molar-refractivity contribution >= 4 is 0 Å². The van der Waals surface area contributed by atoms with Crippen LogP contribution in [0.4, 0.5) is 0 Å². The molecule has 1 atom stereocenters. The maximum atomic E-state index is 9.78. The van der Waals surface area contributed by atoms with Crippen molar-refractivity contribution in [1.82, 2.24) is 0 Å². The first-order valence-corrected chi connectivity index (χ1v) is 7.35. The number of nitriles is 1. The molecule has 20 heavy (non-hydrogen) atoms. The molecular weight excluding hydrogens is 242 g/mol. The van der Waals surface area contributed by atoms with Gasteiger partial charge in [-0.1, -0.05) is 55.5 Å². The van der Waals surface area contributed by atoms with Gasteiger partial charge in [-0.05, 0) is 47.9 Å². The van der Waals surface area contributed by atoms with Gasteiger partial charge in [0.15, 0.2) is 0 Å². The molecule has 1 heteroatoms. The molecule has 0 saturated heterocycles. The third kappa shape index (κ3) is 2.12.